The summed E-state index contributed by atoms with van der Waals surface area (Å²) in [7, 11) is 3.06. The quantitative estimate of drug-likeness (QED) is 0.632. The molecule has 128 valence electrons. The summed E-state index contributed by atoms with van der Waals surface area (Å²) in [5.74, 6) is 0.428. The van der Waals surface area contributed by atoms with Gasteiger partial charge < -0.3 is 14.2 Å². The Morgan fingerprint density at radius 3 is 2.44 bits per heavy atom. The van der Waals surface area contributed by atoms with Crippen LogP contribution in [0, 0.1) is 0 Å². The number of fused-ring (bicyclic) bond motifs is 1. The average molecular weight is 336 g/mol. The highest BCUT2D eigenvalue weighted by Crippen LogP contribution is 2.58. The summed E-state index contributed by atoms with van der Waals surface area (Å²) in [6.45, 7) is 0. The van der Waals surface area contributed by atoms with Crippen molar-refractivity contribution >= 4 is 5.97 Å². The van der Waals surface area contributed by atoms with E-state index in [0.717, 1.165) is 23.3 Å². The lowest BCUT2D eigenvalue weighted by Gasteiger charge is -2.27. The molecule has 0 radical (unpaired) electrons. The van der Waals surface area contributed by atoms with Gasteiger partial charge in [-0.25, -0.2) is 4.79 Å². The molecule has 0 N–H and O–H groups in total. The molecule has 4 heteroatoms. The Bertz CT molecular complexity index is 810. The second-order valence-corrected chi connectivity index (χ2v) is 6.44. The first-order valence-electron chi connectivity index (χ1n) is 8.35. The standard InChI is InChI=1S/C21H20O4/c1-23-16-10-8-14(9-11-16)18-13-21(15-6-4-3-5-7-15)19(25-21)12-17(18)20(22)24-2/h3-12,18-19H,13H2,1-2H3/t18-,19-,21-/m0/s1. The summed E-state index contributed by atoms with van der Waals surface area (Å²) in [6.07, 6.45) is 2.57. The lowest BCUT2D eigenvalue weighted by Crippen LogP contribution is -2.26. The predicted octanol–water partition coefficient (Wildman–Crippen LogP) is 3.58. The van der Waals surface area contributed by atoms with E-state index in [2.05, 4.69) is 12.1 Å². The summed E-state index contributed by atoms with van der Waals surface area (Å²) < 4.78 is 16.3. The normalized spacial score (nSPS) is 27.0. The maximum Gasteiger partial charge on any atom is 0.334 e. The molecule has 0 saturated carbocycles. The van der Waals surface area contributed by atoms with Crippen LogP contribution in [0.25, 0.3) is 0 Å². The molecule has 0 unspecified atom stereocenters. The summed E-state index contributed by atoms with van der Waals surface area (Å²) in [4.78, 5) is 12.3. The van der Waals surface area contributed by atoms with Crippen LogP contribution in [0.4, 0.5) is 0 Å². The molecule has 0 amide bonds. The molecule has 1 heterocycles. The predicted molar refractivity (Wildman–Crippen MR) is 93.4 cm³/mol. The zero-order valence-corrected chi connectivity index (χ0v) is 14.3. The monoisotopic (exact) mass is 336 g/mol. The van der Waals surface area contributed by atoms with Gasteiger partial charge in [0.05, 0.1) is 14.2 Å². The molecule has 4 nitrogen and oxygen atoms in total. The Balaban J connectivity index is 1.73. The van der Waals surface area contributed by atoms with Gasteiger partial charge in [-0.15, -0.1) is 0 Å². The third kappa shape index (κ3) is 2.63. The van der Waals surface area contributed by atoms with E-state index in [0.29, 0.717) is 5.57 Å². The number of rotatable bonds is 4. The van der Waals surface area contributed by atoms with Crippen molar-refractivity contribution in [2.45, 2.75) is 24.0 Å². The minimum Gasteiger partial charge on any atom is -0.497 e. The molecular weight excluding hydrogens is 316 g/mol. The minimum atomic E-state index is -0.344. The fourth-order valence-corrected chi connectivity index (χ4v) is 3.75. The first-order chi connectivity index (χ1) is 12.2. The molecule has 1 saturated heterocycles. The number of esters is 1. The lowest BCUT2D eigenvalue weighted by molar-refractivity contribution is -0.136. The van der Waals surface area contributed by atoms with E-state index in [1.165, 1.54) is 7.11 Å². The first-order valence-corrected chi connectivity index (χ1v) is 8.35. The van der Waals surface area contributed by atoms with Gasteiger partial charge in [-0.2, -0.15) is 0 Å². The summed E-state index contributed by atoms with van der Waals surface area (Å²) in [5, 5.41) is 0. The number of methoxy groups -OCH3 is 2. The molecule has 1 fully saturated rings. The molecule has 25 heavy (non-hydrogen) atoms. The number of ether oxygens (including phenoxy) is 3. The van der Waals surface area contributed by atoms with E-state index in [-0.39, 0.29) is 23.6 Å². The molecule has 0 spiro atoms. The van der Waals surface area contributed by atoms with Crippen molar-refractivity contribution in [3.05, 3.63) is 77.4 Å². The van der Waals surface area contributed by atoms with Crippen LogP contribution in [-0.2, 0) is 19.9 Å². The molecule has 2 aliphatic rings. The van der Waals surface area contributed by atoms with Crippen molar-refractivity contribution in [2.75, 3.05) is 14.2 Å². The number of epoxide rings is 1. The van der Waals surface area contributed by atoms with E-state index in [4.69, 9.17) is 14.2 Å². The van der Waals surface area contributed by atoms with Gasteiger partial charge in [-0.05, 0) is 35.8 Å². The number of carbonyl (C=O) groups excluding carboxylic acids is 1. The number of hydrogen-bond acceptors (Lipinski definition) is 4. The molecule has 4 rings (SSSR count). The van der Waals surface area contributed by atoms with Crippen LogP contribution in [0.5, 0.6) is 5.75 Å². The van der Waals surface area contributed by atoms with Gasteiger partial charge >= 0.3 is 5.97 Å². The van der Waals surface area contributed by atoms with Gasteiger partial charge in [-0.3, -0.25) is 0 Å². The SMILES string of the molecule is COC(=O)C1=C[C@@H]2O[C@]2(c2ccccc2)C[C@H]1c1ccc(OC)cc1. The fraction of sp³-hybridized carbons (Fsp3) is 0.286. The third-order valence-electron chi connectivity index (χ3n) is 5.16. The zero-order chi connectivity index (χ0) is 17.4. The molecule has 2 aromatic carbocycles. The second kappa shape index (κ2) is 6.05. The van der Waals surface area contributed by atoms with E-state index < -0.39 is 0 Å². The van der Waals surface area contributed by atoms with Gasteiger partial charge in [0.2, 0.25) is 0 Å². The van der Waals surface area contributed by atoms with Gasteiger partial charge in [0.15, 0.2) is 0 Å². The van der Waals surface area contributed by atoms with Crippen molar-refractivity contribution < 1.29 is 19.0 Å². The van der Waals surface area contributed by atoms with Gasteiger partial charge in [0, 0.05) is 11.5 Å². The summed E-state index contributed by atoms with van der Waals surface area (Å²) in [6, 6.07) is 18.0. The fourth-order valence-electron chi connectivity index (χ4n) is 3.75. The molecule has 0 aromatic heterocycles. The zero-order valence-electron chi connectivity index (χ0n) is 14.3. The average Bonchev–Trinajstić information content (AvgIpc) is 3.42. The van der Waals surface area contributed by atoms with Crippen LogP contribution in [0.3, 0.4) is 0 Å². The van der Waals surface area contributed by atoms with Crippen molar-refractivity contribution in [3.63, 3.8) is 0 Å². The van der Waals surface area contributed by atoms with Crippen LogP contribution in [0.2, 0.25) is 0 Å². The first kappa shape index (κ1) is 15.9. The third-order valence-corrected chi connectivity index (χ3v) is 5.16. The highest BCUT2D eigenvalue weighted by atomic mass is 16.6. The summed E-state index contributed by atoms with van der Waals surface area (Å²) in [5.41, 5.74) is 2.53. The molecule has 0 bridgehead atoms. The minimum absolute atomic E-state index is 0.0708. The van der Waals surface area contributed by atoms with Crippen LogP contribution in [0.15, 0.2) is 66.2 Å². The van der Waals surface area contributed by atoms with Crippen molar-refractivity contribution in [2.24, 2.45) is 0 Å². The maximum absolute atomic E-state index is 12.3. The van der Waals surface area contributed by atoms with Crippen molar-refractivity contribution in [1.29, 1.82) is 0 Å². The molecule has 1 aliphatic carbocycles. The second-order valence-electron chi connectivity index (χ2n) is 6.44. The van der Waals surface area contributed by atoms with Crippen LogP contribution in [-0.4, -0.2) is 26.3 Å². The Morgan fingerprint density at radius 1 is 1.08 bits per heavy atom. The van der Waals surface area contributed by atoms with E-state index >= 15 is 0 Å². The Morgan fingerprint density at radius 2 is 1.80 bits per heavy atom. The largest absolute Gasteiger partial charge is 0.497 e. The number of hydrogen-bond donors (Lipinski definition) is 0. The van der Waals surface area contributed by atoms with Crippen LogP contribution >= 0.6 is 0 Å². The lowest BCUT2D eigenvalue weighted by atomic mass is 9.74. The molecule has 3 atom stereocenters. The van der Waals surface area contributed by atoms with Gasteiger partial charge in [0.25, 0.3) is 0 Å². The highest BCUT2D eigenvalue weighted by Gasteiger charge is 2.60. The van der Waals surface area contributed by atoms with Crippen LogP contribution < -0.4 is 4.74 Å². The summed E-state index contributed by atoms with van der Waals surface area (Å²) >= 11 is 0. The highest BCUT2D eigenvalue weighted by molar-refractivity contribution is 5.91. The van der Waals surface area contributed by atoms with E-state index in [1.807, 2.05) is 48.5 Å². The number of benzene rings is 2. The van der Waals surface area contributed by atoms with Crippen LogP contribution in [0.1, 0.15) is 23.5 Å². The maximum atomic E-state index is 12.3. The molecule has 2 aromatic rings. The molecular formula is C21H20O4. The molecule has 1 aliphatic heterocycles. The van der Waals surface area contributed by atoms with Crippen molar-refractivity contribution in [3.8, 4) is 5.75 Å². The van der Waals surface area contributed by atoms with Gasteiger partial charge in [-0.1, -0.05) is 42.5 Å². The van der Waals surface area contributed by atoms with E-state index in [9.17, 15) is 4.79 Å². The Kier molecular flexibility index (Phi) is 3.85. The Hall–Kier alpha value is -2.59. The van der Waals surface area contributed by atoms with E-state index in [1.54, 1.807) is 7.11 Å². The number of carbonyl (C=O) groups is 1. The van der Waals surface area contributed by atoms with Crippen molar-refractivity contribution in [1.82, 2.24) is 0 Å². The Labute approximate surface area is 147 Å². The topological polar surface area (TPSA) is 48.1 Å². The van der Waals surface area contributed by atoms with Gasteiger partial charge in [0.1, 0.15) is 17.5 Å². The smallest absolute Gasteiger partial charge is 0.334 e.